The van der Waals surface area contributed by atoms with Gasteiger partial charge in [-0.1, -0.05) is 31.2 Å². The van der Waals surface area contributed by atoms with Gasteiger partial charge in [-0.15, -0.1) is 0 Å². The van der Waals surface area contributed by atoms with E-state index in [9.17, 15) is 4.79 Å². The van der Waals surface area contributed by atoms with E-state index in [-0.39, 0.29) is 6.03 Å². The van der Waals surface area contributed by atoms with Crippen molar-refractivity contribution in [2.75, 3.05) is 12.4 Å². The van der Waals surface area contributed by atoms with Crippen LogP contribution in [0, 0.1) is 0 Å². The Morgan fingerprint density at radius 3 is 2.43 bits per heavy atom. The van der Waals surface area contributed by atoms with Crippen LogP contribution in [0.15, 0.2) is 48.5 Å². The molecule has 1 saturated carbocycles. The summed E-state index contributed by atoms with van der Waals surface area (Å²) < 4.78 is 0. The van der Waals surface area contributed by atoms with Gasteiger partial charge in [-0.2, -0.15) is 5.10 Å². The van der Waals surface area contributed by atoms with Crippen molar-refractivity contribution >= 4 is 11.7 Å². The minimum absolute atomic E-state index is 0.138. The minimum atomic E-state index is -0.138. The zero-order valence-corrected chi connectivity index (χ0v) is 16.3. The third-order valence-corrected chi connectivity index (χ3v) is 5.06. The molecule has 28 heavy (non-hydrogen) atoms. The maximum absolute atomic E-state index is 12.5. The number of rotatable bonds is 6. The van der Waals surface area contributed by atoms with E-state index in [1.54, 1.807) is 11.9 Å². The fourth-order valence-electron chi connectivity index (χ4n) is 3.09. The number of benzene rings is 2. The lowest BCUT2D eigenvalue weighted by molar-refractivity contribution is 0.220. The van der Waals surface area contributed by atoms with Crippen molar-refractivity contribution in [2.45, 2.75) is 38.6 Å². The summed E-state index contributed by atoms with van der Waals surface area (Å²) in [6.07, 6.45) is 3.40. The molecule has 6 heteroatoms. The first-order chi connectivity index (χ1) is 13.6. The number of nitrogens with zero attached hydrogens (tertiary/aromatic N) is 3. The van der Waals surface area contributed by atoms with Crippen molar-refractivity contribution < 1.29 is 4.79 Å². The molecular weight excluding hydrogens is 350 g/mol. The van der Waals surface area contributed by atoms with E-state index in [0.29, 0.717) is 18.3 Å². The standard InChI is InChI=1S/C22H25N5O/c1-3-15-4-6-16(7-5-15)14-27(2)22(28)23-19-12-10-18(11-13-19)21-24-20(25-26-21)17-8-9-17/h4-7,10-13,17H,3,8-9,14H2,1-2H3,(H,23,28)(H,24,25,26). The van der Waals surface area contributed by atoms with Gasteiger partial charge in [0.15, 0.2) is 5.82 Å². The molecular formula is C22H25N5O. The Labute approximate surface area is 165 Å². The van der Waals surface area contributed by atoms with E-state index < -0.39 is 0 Å². The maximum atomic E-state index is 12.5. The molecule has 1 aromatic heterocycles. The SMILES string of the molecule is CCc1ccc(CN(C)C(=O)Nc2ccc(-c3n[nH]c(C4CC4)n3)cc2)cc1. The normalized spacial score (nSPS) is 13.4. The average Bonchev–Trinajstić information content (AvgIpc) is 3.46. The van der Waals surface area contributed by atoms with Gasteiger partial charge in [0, 0.05) is 30.8 Å². The second-order valence-electron chi connectivity index (χ2n) is 7.35. The Balaban J connectivity index is 1.35. The first-order valence-electron chi connectivity index (χ1n) is 9.75. The first kappa shape index (κ1) is 18.2. The molecule has 1 heterocycles. The third kappa shape index (κ3) is 4.22. The fourth-order valence-corrected chi connectivity index (χ4v) is 3.09. The number of hydrogen-bond acceptors (Lipinski definition) is 3. The van der Waals surface area contributed by atoms with E-state index >= 15 is 0 Å². The zero-order valence-electron chi connectivity index (χ0n) is 16.3. The summed E-state index contributed by atoms with van der Waals surface area (Å²) in [5.74, 6) is 2.22. The molecule has 0 unspecified atom stereocenters. The van der Waals surface area contributed by atoms with Gasteiger partial charge < -0.3 is 10.2 Å². The molecule has 2 aromatic carbocycles. The van der Waals surface area contributed by atoms with Crippen LogP contribution in [0.25, 0.3) is 11.4 Å². The molecule has 1 aliphatic rings. The lowest BCUT2D eigenvalue weighted by atomic mass is 10.1. The number of hydrogen-bond donors (Lipinski definition) is 2. The molecule has 0 radical (unpaired) electrons. The number of amides is 2. The molecule has 1 fully saturated rings. The molecule has 1 aliphatic carbocycles. The summed E-state index contributed by atoms with van der Waals surface area (Å²) >= 11 is 0. The van der Waals surface area contributed by atoms with E-state index in [4.69, 9.17) is 0 Å². The van der Waals surface area contributed by atoms with Crippen LogP contribution in [-0.2, 0) is 13.0 Å². The summed E-state index contributed by atoms with van der Waals surface area (Å²) in [5.41, 5.74) is 4.10. The van der Waals surface area contributed by atoms with Crippen LogP contribution in [0.1, 0.15) is 42.6 Å². The van der Waals surface area contributed by atoms with Crippen LogP contribution in [-0.4, -0.2) is 33.2 Å². The summed E-state index contributed by atoms with van der Waals surface area (Å²) in [5, 5.41) is 10.2. The van der Waals surface area contributed by atoms with Gasteiger partial charge in [-0.3, -0.25) is 5.10 Å². The monoisotopic (exact) mass is 375 g/mol. The highest BCUT2D eigenvalue weighted by Gasteiger charge is 2.27. The summed E-state index contributed by atoms with van der Waals surface area (Å²) in [4.78, 5) is 18.7. The highest BCUT2D eigenvalue weighted by Crippen LogP contribution is 2.38. The minimum Gasteiger partial charge on any atom is -0.323 e. The number of anilines is 1. The van der Waals surface area contributed by atoms with E-state index in [2.05, 4.69) is 51.7 Å². The van der Waals surface area contributed by atoms with Gasteiger partial charge in [0.05, 0.1) is 0 Å². The van der Waals surface area contributed by atoms with Gasteiger partial charge in [0.2, 0.25) is 0 Å². The van der Waals surface area contributed by atoms with Crippen LogP contribution in [0.4, 0.5) is 10.5 Å². The van der Waals surface area contributed by atoms with Gasteiger partial charge in [0.25, 0.3) is 0 Å². The highest BCUT2D eigenvalue weighted by molar-refractivity contribution is 5.89. The Hall–Kier alpha value is -3.15. The van der Waals surface area contributed by atoms with Crippen LogP contribution < -0.4 is 5.32 Å². The van der Waals surface area contributed by atoms with Crippen molar-refractivity contribution in [2.24, 2.45) is 0 Å². The number of carbonyl (C=O) groups excluding carboxylic acids is 1. The number of aryl methyl sites for hydroxylation is 1. The number of urea groups is 1. The van der Waals surface area contributed by atoms with Crippen molar-refractivity contribution in [3.8, 4) is 11.4 Å². The molecule has 0 aliphatic heterocycles. The number of nitrogens with one attached hydrogen (secondary N) is 2. The number of aromatic amines is 1. The van der Waals surface area contributed by atoms with Crippen molar-refractivity contribution in [3.63, 3.8) is 0 Å². The molecule has 6 nitrogen and oxygen atoms in total. The summed E-state index contributed by atoms with van der Waals surface area (Å²) in [6.45, 7) is 2.70. The quantitative estimate of drug-likeness (QED) is 0.662. The van der Waals surface area contributed by atoms with Crippen molar-refractivity contribution in [1.29, 1.82) is 0 Å². The number of carbonyl (C=O) groups is 1. The molecule has 0 spiro atoms. The molecule has 144 valence electrons. The van der Waals surface area contributed by atoms with E-state index in [1.165, 1.54) is 18.4 Å². The molecule has 4 rings (SSSR count). The van der Waals surface area contributed by atoms with Crippen molar-refractivity contribution in [3.05, 3.63) is 65.5 Å². The second-order valence-corrected chi connectivity index (χ2v) is 7.35. The second kappa shape index (κ2) is 7.84. The predicted molar refractivity (Wildman–Crippen MR) is 110 cm³/mol. The third-order valence-electron chi connectivity index (χ3n) is 5.06. The van der Waals surface area contributed by atoms with Gasteiger partial charge in [-0.05, 0) is 54.7 Å². The smallest absolute Gasteiger partial charge is 0.321 e. The van der Waals surface area contributed by atoms with Crippen molar-refractivity contribution in [1.82, 2.24) is 20.1 Å². The van der Waals surface area contributed by atoms with Crippen LogP contribution in [0.5, 0.6) is 0 Å². The Morgan fingerprint density at radius 2 is 1.79 bits per heavy atom. The Bertz CT molecular complexity index is 942. The van der Waals surface area contributed by atoms with Crippen LogP contribution in [0.3, 0.4) is 0 Å². The summed E-state index contributed by atoms with van der Waals surface area (Å²) in [6, 6.07) is 15.8. The molecule has 0 saturated heterocycles. The first-order valence-corrected chi connectivity index (χ1v) is 9.75. The Kier molecular flexibility index (Phi) is 5.10. The largest absolute Gasteiger partial charge is 0.323 e. The average molecular weight is 375 g/mol. The van der Waals surface area contributed by atoms with Gasteiger partial charge in [-0.25, -0.2) is 9.78 Å². The Morgan fingerprint density at radius 1 is 1.11 bits per heavy atom. The van der Waals surface area contributed by atoms with Gasteiger partial charge in [0.1, 0.15) is 5.82 Å². The predicted octanol–water partition coefficient (Wildman–Crippen LogP) is 4.58. The highest BCUT2D eigenvalue weighted by atomic mass is 16.2. The summed E-state index contributed by atoms with van der Waals surface area (Å²) in [7, 11) is 1.80. The van der Waals surface area contributed by atoms with Crippen LogP contribution >= 0.6 is 0 Å². The molecule has 2 amide bonds. The van der Waals surface area contributed by atoms with Crippen LogP contribution in [0.2, 0.25) is 0 Å². The lowest BCUT2D eigenvalue weighted by Gasteiger charge is -2.18. The molecule has 3 aromatic rings. The number of H-pyrrole nitrogens is 1. The zero-order chi connectivity index (χ0) is 19.5. The number of aromatic nitrogens is 3. The maximum Gasteiger partial charge on any atom is 0.321 e. The van der Waals surface area contributed by atoms with E-state index in [0.717, 1.165) is 29.1 Å². The van der Waals surface area contributed by atoms with Gasteiger partial charge >= 0.3 is 6.03 Å². The molecule has 0 bridgehead atoms. The van der Waals surface area contributed by atoms with E-state index in [1.807, 2.05) is 24.3 Å². The lowest BCUT2D eigenvalue weighted by Crippen LogP contribution is -2.30. The molecule has 2 N–H and O–H groups in total. The topological polar surface area (TPSA) is 73.9 Å². The fraction of sp³-hybridized carbons (Fsp3) is 0.318. The molecule has 0 atom stereocenters.